The zero-order valence-electron chi connectivity index (χ0n) is 13.8. The Hall–Kier alpha value is -1.16. The van der Waals surface area contributed by atoms with Gasteiger partial charge in [0.05, 0.1) is 18.5 Å². The summed E-state index contributed by atoms with van der Waals surface area (Å²) in [6.45, 7) is 14.2. The normalized spacial score (nSPS) is 11.9. The van der Waals surface area contributed by atoms with E-state index in [4.69, 9.17) is 4.74 Å². The van der Waals surface area contributed by atoms with Crippen LogP contribution in [-0.4, -0.2) is 22.1 Å². The first-order chi connectivity index (χ1) is 9.33. The Morgan fingerprint density at radius 1 is 1.30 bits per heavy atom. The Kier molecular flexibility index (Phi) is 6.40. The van der Waals surface area contributed by atoms with E-state index in [-0.39, 0.29) is 5.54 Å². The van der Waals surface area contributed by atoms with Gasteiger partial charge in [-0.15, -0.1) is 0 Å². The predicted molar refractivity (Wildman–Crippen MR) is 83.1 cm³/mol. The summed E-state index contributed by atoms with van der Waals surface area (Å²) < 4.78 is 5.81. The van der Waals surface area contributed by atoms with Gasteiger partial charge in [0.2, 0.25) is 0 Å². The molecule has 1 aromatic rings. The predicted octanol–water partition coefficient (Wildman–Crippen LogP) is 3.67. The molecule has 1 rings (SSSR count). The molecule has 114 valence electrons. The molecule has 0 aromatic carbocycles. The second-order valence-corrected chi connectivity index (χ2v) is 6.50. The van der Waals surface area contributed by atoms with Crippen LogP contribution in [0.1, 0.15) is 71.8 Å². The Labute approximate surface area is 123 Å². The maximum atomic E-state index is 5.81. The summed E-state index contributed by atoms with van der Waals surface area (Å²) in [5.41, 5.74) is 1.01. The quantitative estimate of drug-likeness (QED) is 0.774. The van der Waals surface area contributed by atoms with E-state index >= 15 is 0 Å². The molecule has 20 heavy (non-hydrogen) atoms. The van der Waals surface area contributed by atoms with Crippen molar-refractivity contribution in [1.29, 1.82) is 0 Å². The third-order valence-electron chi connectivity index (χ3n) is 2.91. The number of nitrogens with one attached hydrogen (secondary N) is 1. The van der Waals surface area contributed by atoms with Crippen LogP contribution in [0.15, 0.2) is 6.20 Å². The van der Waals surface area contributed by atoms with Crippen molar-refractivity contribution in [3.63, 3.8) is 0 Å². The minimum Gasteiger partial charge on any atom is -0.490 e. The Balaban J connectivity index is 2.85. The van der Waals surface area contributed by atoms with Gasteiger partial charge in [-0.2, -0.15) is 0 Å². The summed E-state index contributed by atoms with van der Waals surface area (Å²) in [7, 11) is 0. The highest BCUT2D eigenvalue weighted by molar-refractivity contribution is 5.25. The van der Waals surface area contributed by atoms with Crippen molar-refractivity contribution in [3.8, 4) is 5.75 Å². The number of hydrogen-bond donors (Lipinski definition) is 1. The maximum Gasteiger partial charge on any atom is 0.160 e. The third kappa shape index (κ3) is 5.87. The van der Waals surface area contributed by atoms with E-state index < -0.39 is 0 Å². The van der Waals surface area contributed by atoms with Crippen LogP contribution >= 0.6 is 0 Å². The summed E-state index contributed by atoms with van der Waals surface area (Å²) in [6.07, 6.45) is 4.00. The lowest BCUT2D eigenvalue weighted by atomic mass is 10.1. The molecule has 1 heterocycles. The molecule has 0 atom stereocenters. The fourth-order valence-corrected chi connectivity index (χ4v) is 1.62. The van der Waals surface area contributed by atoms with Crippen molar-refractivity contribution >= 4 is 0 Å². The average molecular weight is 279 g/mol. The fourth-order valence-electron chi connectivity index (χ4n) is 1.62. The van der Waals surface area contributed by atoms with Crippen LogP contribution in [0.25, 0.3) is 0 Å². The van der Waals surface area contributed by atoms with E-state index in [1.165, 1.54) is 0 Å². The van der Waals surface area contributed by atoms with Crippen LogP contribution in [0, 0.1) is 0 Å². The molecule has 1 N–H and O–H groups in total. The molecule has 0 fully saturated rings. The number of unbranched alkanes of at least 4 members (excludes halogenated alkanes) is 1. The molecule has 4 heteroatoms. The molecular formula is C16H29N3O. The molecule has 0 radical (unpaired) electrons. The number of hydrogen-bond acceptors (Lipinski definition) is 4. The molecular weight excluding hydrogens is 250 g/mol. The van der Waals surface area contributed by atoms with Crippen LogP contribution in [-0.2, 0) is 6.54 Å². The number of nitrogens with zero attached hydrogens (tertiary/aromatic N) is 2. The minimum atomic E-state index is 0.0592. The lowest BCUT2D eigenvalue weighted by molar-refractivity contribution is 0.299. The second kappa shape index (κ2) is 7.58. The van der Waals surface area contributed by atoms with Gasteiger partial charge in [0, 0.05) is 18.0 Å². The van der Waals surface area contributed by atoms with Gasteiger partial charge >= 0.3 is 0 Å². The summed E-state index contributed by atoms with van der Waals surface area (Å²) in [5, 5.41) is 3.46. The molecule has 0 spiro atoms. The van der Waals surface area contributed by atoms with Crippen LogP contribution < -0.4 is 10.1 Å². The Morgan fingerprint density at radius 3 is 2.55 bits per heavy atom. The van der Waals surface area contributed by atoms with Gasteiger partial charge in [-0.25, -0.2) is 9.97 Å². The smallest absolute Gasteiger partial charge is 0.160 e. The van der Waals surface area contributed by atoms with Crippen molar-refractivity contribution in [3.05, 3.63) is 17.7 Å². The Morgan fingerprint density at radius 2 is 2.00 bits per heavy atom. The highest BCUT2D eigenvalue weighted by Crippen LogP contribution is 2.19. The Bertz CT molecular complexity index is 411. The van der Waals surface area contributed by atoms with Crippen molar-refractivity contribution in [2.24, 2.45) is 0 Å². The standard InChI is InChI=1S/C16H29N3O/c1-7-8-9-20-14-11-17-15(12(2)3)19-13(14)10-18-16(4,5)6/h11-12,18H,7-10H2,1-6H3. The van der Waals surface area contributed by atoms with E-state index in [9.17, 15) is 0 Å². The van der Waals surface area contributed by atoms with E-state index in [2.05, 4.69) is 56.8 Å². The lowest BCUT2D eigenvalue weighted by Gasteiger charge is -2.21. The number of aromatic nitrogens is 2. The van der Waals surface area contributed by atoms with Crippen LogP contribution in [0.4, 0.5) is 0 Å². The van der Waals surface area contributed by atoms with Gasteiger partial charge in [0.15, 0.2) is 5.75 Å². The summed E-state index contributed by atoms with van der Waals surface area (Å²) in [4.78, 5) is 9.05. The van der Waals surface area contributed by atoms with Crippen molar-refractivity contribution in [2.75, 3.05) is 6.61 Å². The molecule has 0 saturated heterocycles. The van der Waals surface area contributed by atoms with E-state index in [0.29, 0.717) is 12.5 Å². The van der Waals surface area contributed by atoms with Gasteiger partial charge in [0.1, 0.15) is 5.82 Å². The van der Waals surface area contributed by atoms with E-state index in [1.54, 1.807) is 0 Å². The molecule has 0 amide bonds. The van der Waals surface area contributed by atoms with Gasteiger partial charge < -0.3 is 10.1 Å². The molecule has 0 aliphatic carbocycles. The first kappa shape index (κ1) is 16.9. The maximum absolute atomic E-state index is 5.81. The van der Waals surface area contributed by atoms with Crippen molar-refractivity contribution < 1.29 is 4.74 Å². The first-order valence-electron chi connectivity index (χ1n) is 7.57. The summed E-state index contributed by atoms with van der Waals surface area (Å²) in [5.74, 6) is 2.01. The van der Waals surface area contributed by atoms with Gasteiger partial charge in [-0.1, -0.05) is 27.2 Å². The topological polar surface area (TPSA) is 47.0 Å². The van der Waals surface area contributed by atoms with Gasteiger partial charge in [-0.05, 0) is 27.2 Å². The molecule has 4 nitrogen and oxygen atoms in total. The van der Waals surface area contributed by atoms with Gasteiger partial charge in [0.25, 0.3) is 0 Å². The van der Waals surface area contributed by atoms with E-state index in [1.807, 2.05) is 6.20 Å². The van der Waals surface area contributed by atoms with Crippen molar-refractivity contribution in [1.82, 2.24) is 15.3 Å². The molecule has 0 aliphatic heterocycles. The van der Waals surface area contributed by atoms with E-state index in [0.717, 1.165) is 36.7 Å². The molecule has 1 aromatic heterocycles. The second-order valence-electron chi connectivity index (χ2n) is 6.50. The highest BCUT2D eigenvalue weighted by atomic mass is 16.5. The molecule has 0 bridgehead atoms. The average Bonchev–Trinajstić information content (AvgIpc) is 2.36. The SMILES string of the molecule is CCCCOc1cnc(C(C)C)nc1CNC(C)(C)C. The van der Waals surface area contributed by atoms with Crippen LogP contribution in [0.3, 0.4) is 0 Å². The van der Waals surface area contributed by atoms with Crippen LogP contribution in [0.2, 0.25) is 0 Å². The minimum absolute atomic E-state index is 0.0592. The van der Waals surface area contributed by atoms with Gasteiger partial charge in [-0.3, -0.25) is 0 Å². The fraction of sp³-hybridized carbons (Fsp3) is 0.750. The third-order valence-corrected chi connectivity index (χ3v) is 2.91. The highest BCUT2D eigenvalue weighted by Gasteiger charge is 2.14. The molecule has 0 aliphatic rings. The largest absolute Gasteiger partial charge is 0.490 e. The monoisotopic (exact) mass is 279 g/mol. The summed E-state index contributed by atoms with van der Waals surface area (Å²) >= 11 is 0. The molecule has 0 unspecified atom stereocenters. The zero-order chi connectivity index (χ0) is 15.2. The number of ether oxygens (including phenoxy) is 1. The van der Waals surface area contributed by atoms with Crippen LogP contribution in [0.5, 0.6) is 5.75 Å². The lowest BCUT2D eigenvalue weighted by Crippen LogP contribution is -2.35. The van der Waals surface area contributed by atoms with Crippen molar-refractivity contribution in [2.45, 2.75) is 72.4 Å². The summed E-state index contributed by atoms with van der Waals surface area (Å²) in [6, 6.07) is 0. The molecule has 0 saturated carbocycles. The zero-order valence-corrected chi connectivity index (χ0v) is 13.8. The number of rotatable bonds is 7. The first-order valence-corrected chi connectivity index (χ1v) is 7.57.